The molecular formula is C16H18. The average Bonchev–Trinajstić information content (AvgIpc) is 2.35. The Morgan fingerprint density at radius 1 is 1.00 bits per heavy atom. The summed E-state index contributed by atoms with van der Waals surface area (Å²) in [5.41, 5.74) is 1.47. The van der Waals surface area contributed by atoms with E-state index in [1.54, 1.807) is 0 Å². The molecule has 0 aliphatic carbocycles. The van der Waals surface area contributed by atoms with Crippen LogP contribution in [-0.4, -0.2) is 0 Å². The van der Waals surface area contributed by atoms with Crippen LogP contribution in [0.5, 0.6) is 0 Å². The normalized spacial score (nSPS) is 11.3. The number of unbranched alkanes of at least 4 members (excludes halogenated alkanes) is 1. The van der Waals surface area contributed by atoms with Gasteiger partial charge in [0.1, 0.15) is 0 Å². The second-order valence-corrected chi connectivity index (χ2v) is 4.10. The lowest BCUT2D eigenvalue weighted by Gasteiger charge is -2.05. The second kappa shape index (κ2) is 5.50. The highest BCUT2D eigenvalue weighted by Crippen LogP contribution is 2.20. The second-order valence-electron chi connectivity index (χ2n) is 4.10. The summed E-state index contributed by atoms with van der Waals surface area (Å²) in [6, 6.07) is 15.2. The Morgan fingerprint density at radius 2 is 1.81 bits per heavy atom. The Morgan fingerprint density at radius 3 is 2.69 bits per heavy atom. The minimum absolute atomic E-state index is 1.17. The van der Waals surface area contributed by atoms with E-state index in [0.29, 0.717) is 0 Å². The molecule has 16 heavy (non-hydrogen) atoms. The van der Waals surface area contributed by atoms with Crippen molar-refractivity contribution in [2.24, 2.45) is 0 Å². The zero-order valence-corrected chi connectivity index (χ0v) is 9.82. The highest BCUT2D eigenvalue weighted by Gasteiger charge is 1.98. The third-order valence-electron chi connectivity index (χ3n) is 2.93. The molecule has 0 aliphatic heterocycles. The Labute approximate surface area is 97.6 Å². The molecule has 0 saturated heterocycles. The standard InChI is InChI=1S/C16H18/c1-2-3-4-5-9-14-11-8-12-15-10-6-7-13-16(14)15/h2-3,6-8,10-13H,4-5,9H2,1H3. The van der Waals surface area contributed by atoms with Crippen LogP contribution in [0.15, 0.2) is 54.6 Å². The third kappa shape index (κ3) is 2.52. The molecule has 0 N–H and O–H groups in total. The van der Waals surface area contributed by atoms with Gasteiger partial charge in [-0.2, -0.15) is 0 Å². The average molecular weight is 210 g/mol. The maximum atomic E-state index is 2.25. The van der Waals surface area contributed by atoms with E-state index in [-0.39, 0.29) is 0 Å². The molecule has 0 heterocycles. The van der Waals surface area contributed by atoms with E-state index in [4.69, 9.17) is 0 Å². The molecule has 0 amide bonds. The van der Waals surface area contributed by atoms with Crippen molar-refractivity contribution in [3.8, 4) is 0 Å². The maximum absolute atomic E-state index is 2.25. The molecule has 0 saturated carbocycles. The first-order chi connectivity index (χ1) is 7.92. The number of fused-ring (bicyclic) bond motifs is 1. The summed E-state index contributed by atoms with van der Waals surface area (Å²) in [4.78, 5) is 0. The molecule has 2 aromatic rings. The van der Waals surface area contributed by atoms with Gasteiger partial charge >= 0.3 is 0 Å². The van der Waals surface area contributed by atoms with Gasteiger partial charge in [0.15, 0.2) is 0 Å². The van der Waals surface area contributed by atoms with Crippen molar-refractivity contribution < 1.29 is 0 Å². The monoisotopic (exact) mass is 210 g/mol. The SMILES string of the molecule is CC=CCCCc1cccc2ccccc12. The van der Waals surface area contributed by atoms with Gasteiger partial charge in [0.25, 0.3) is 0 Å². The van der Waals surface area contributed by atoms with Crippen LogP contribution < -0.4 is 0 Å². The third-order valence-corrected chi connectivity index (χ3v) is 2.93. The summed E-state index contributed by atoms with van der Waals surface area (Å²) >= 11 is 0. The quantitative estimate of drug-likeness (QED) is 0.505. The highest BCUT2D eigenvalue weighted by atomic mass is 14.0. The van der Waals surface area contributed by atoms with Crippen molar-refractivity contribution in [2.75, 3.05) is 0 Å². The molecule has 0 atom stereocenters. The van der Waals surface area contributed by atoms with Crippen molar-refractivity contribution in [1.82, 2.24) is 0 Å². The van der Waals surface area contributed by atoms with Gasteiger partial charge in [-0.15, -0.1) is 0 Å². The van der Waals surface area contributed by atoms with Gasteiger partial charge in [0.2, 0.25) is 0 Å². The van der Waals surface area contributed by atoms with Gasteiger partial charge in [-0.05, 0) is 42.5 Å². The first kappa shape index (κ1) is 10.9. The number of benzene rings is 2. The van der Waals surface area contributed by atoms with E-state index >= 15 is 0 Å². The summed E-state index contributed by atoms with van der Waals surface area (Å²) in [5.74, 6) is 0. The van der Waals surface area contributed by atoms with Crippen molar-refractivity contribution in [3.05, 3.63) is 60.2 Å². The van der Waals surface area contributed by atoms with E-state index in [1.165, 1.54) is 35.6 Å². The molecule has 0 fully saturated rings. The molecule has 0 bridgehead atoms. The fraction of sp³-hybridized carbons (Fsp3) is 0.250. The van der Waals surface area contributed by atoms with Crippen LogP contribution in [-0.2, 0) is 6.42 Å². The molecule has 0 spiro atoms. The lowest BCUT2D eigenvalue weighted by atomic mass is 10.0. The van der Waals surface area contributed by atoms with Crippen molar-refractivity contribution in [2.45, 2.75) is 26.2 Å². The molecule has 0 aromatic heterocycles. The van der Waals surface area contributed by atoms with Gasteiger partial charge in [-0.1, -0.05) is 54.6 Å². The van der Waals surface area contributed by atoms with Gasteiger partial charge in [-0.25, -0.2) is 0 Å². The molecule has 82 valence electrons. The highest BCUT2D eigenvalue weighted by molar-refractivity contribution is 5.85. The van der Waals surface area contributed by atoms with Gasteiger partial charge in [0.05, 0.1) is 0 Å². The van der Waals surface area contributed by atoms with Crippen LogP contribution in [0, 0.1) is 0 Å². The first-order valence-corrected chi connectivity index (χ1v) is 5.99. The summed E-state index contributed by atoms with van der Waals surface area (Å²) in [5, 5.41) is 2.76. The zero-order chi connectivity index (χ0) is 11.2. The zero-order valence-electron chi connectivity index (χ0n) is 9.82. The number of hydrogen-bond donors (Lipinski definition) is 0. The van der Waals surface area contributed by atoms with E-state index in [0.717, 1.165) is 0 Å². The number of aryl methyl sites for hydroxylation is 1. The summed E-state index contributed by atoms with van der Waals surface area (Å²) in [6.07, 6.45) is 7.96. The van der Waals surface area contributed by atoms with Gasteiger partial charge in [-0.3, -0.25) is 0 Å². The molecule has 2 aromatic carbocycles. The predicted octanol–water partition coefficient (Wildman–Crippen LogP) is 4.74. The van der Waals surface area contributed by atoms with Crippen LogP contribution in [0.2, 0.25) is 0 Å². The van der Waals surface area contributed by atoms with Crippen LogP contribution >= 0.6 is 0 Å². The Balaban J connectivity index is 2.17. The van der Waals surface area contributed by atoms with Gasteiger partial charge < -0.3 is 0 Å². The minimum Gasteiger partial charge on any atom is -0.0917 e. The summed E-state index contributed by atoms with van der Waals surface area (Å²) in [7, 11) is 0. The molecule has 0 nitrogen and oxygen atoms in total. The van der Waals surface area contributed by atoms with E-state index in [1.807, 2.05) is 0 Å². The molecule has 0 radical (unpaired) electrons. The molecular weight excluding hydrogens is 192 g/mol. The summed E-state index contributed by atoms with van der Waals surface area (Å²) < 4.78 is 0. The minimum atomic E-state index is 1.17. The molecule has 0 heteroatoms. The number of allylic oxidation sites excluding steroid dienone is 2. The fourth-order valence-corrected chi connectivity index (χ4v) is 2.09. The molecule has 0 aliphatic rings. The largest absolute Gasteiger partial charge is 0.0917 e. The number of hydrogen-bond acceptors (Lipinski definition) is 0. The summed E-state index contributed by atoms with van der Waals surface area (Å²) in [6.45, 7) is 2.08. The van der Waals surface area contributed by atoms with Crippen LogP contribution in [0.3, 0.4) is 0 Å². The smallest absolute Gasteiger partial charge is 0.0152 e. The van der Waals surface area contributed by atoms with E-state index in [2.05, 4.69) is 61.5 Å². The topological polar surface area (TPSA) is 0 Å². The maximum Gasteiger partial charge on any atom is -0.0152 e. The van der Waals surface area contributed by atoms with Crippen LogP contribution in [0.4, 0.5) is 0 Å². The first-order valence-electron chi connectivity index (χ1n) is 5.99. The number of rotatable bonds is 4. The van der Waals surface area contributed by atoms with Crippen molar-refractivity contribution in [1.29, 1.82) is 0 Å². The lowest BCUT2D eigenvalue weighted by molar-refractivity contribution is 0.847. The lowest BCUT2D eigenvalue weighted by Crippen LogP contribution is -1.86. The van der Waals surface area contributed by atoms with E-state index < -0.39 is 0 Å². The molecule has 0 unspecified atom stereocenters. The Kier molecular flexibility index (Phi) is 3.76. The predicted molar refractivity (Wildman–Crippen MR) is 71.7 cm³/mol. The Hall–Kier alpha value is -1.56. The van der Waals surface area contributed by atoms with Crippen LogP contribution in [0.1, 0.15) is 25.3 Å². The van der Waals surface area contributed by atoms with Crippen molar-refractivity contribution in [3.63, 3.8) is 0 Å². The van der Waals surface area contributed by atoms with Gasteiger partial charge in [0, 0.05) is 0 Å². The van der Waals surface area contributed by atoms with Crippen molar-refractivity contribution >= 4 is 10.8 Å². The van der Waals surface area contributed by atoms with Crippen LogP contribution in [0.25, 0.3) is 10.8 Å². The molecule has 2 rings (SSSR count). The fourth-order valence-electron chi connectivity index (χ4n) is 2.09. The van der Waals surface area contributed by atoms with E-state index in [9.17, 15) is 0 Å². The Bertz CT molecular complexity index is 475.